The van der Waals surface area contributed by atoms with Crippen LogP contribution in [-0.2, 0) is 0 Å². The van der Waals surface area contributed by atoms with E-state index in [4.69, 9.17) is 4.42 Å². The summed E-state index contributed by atoms with van der Waals surface area (Å²) in [6, 6.07) is 71.6. The van der Waals surface area contributed by atoms with Gasteiger partial charge < -0.3 is 4.42 Å². The molecule has 0 spiro atoms. The van der Waals surface area contributed by atoms with E-state index in [0.29, 0.717) is 0 Å². The van der Waals surface area contributed by atoms with Crippen LogP contribution in [0.2, 0.25) is 0 Å². The first kappa shape index (κ1) is 30.8. The topological polar surface area (TPSA) is 13.1 Å². The van der Waals surface area contributed by atoms with Crippen molar-refractivity contribution in [2.24, 2.45) is 0 Å². The molecule has 0 aliphatic rings. The largest absolute Gasteiger partial charge is 0.455 e. The van der Waals surface area contributed by atoms with Crippen LogP contribution in [0.5, 0.6) is 0 Å². The molecule has 0 unspecified atom stereocenters. The highest BCUT2D eigenvalue weighted by Crippen LogP contribution is 2.47. The van der Waals surface area contributed by atoms with E-state index in [-0.39, 0.29) is 0 Å². The van der Waals surface area contributed by atoms with E-state index < -0.39 is 0 Å². The molecule has 0 aliphatic heterocycles. The molecule has 0 atom stereocenters. The molecule has 0 aliphatic carbocycles. The van der Waals surface area contributed by atoms with Crippen molar-refractivity contribution < 1.29 is 4.42 Å². The lowest BCUT2D eigenvalue weighted by Gasteiger charge is -2.16. The van der Waals surface area contributed by atoms with Crippen LogP contribution in [-0.4, -0.2) is 0 Å². The molecule has 262 valence electrons. The summed E-state index contributed by atoms with van der Waals surface area (Å²) in [6.07, 6.45) is 0. The number of benzene rings is 12. The maximum atomic E-state index is 6.94. The van der Waals surface area contributed by atoms with E-state index in [1.807, 2.05) is 0 Å². The van der Waals surface area contributed by atoms with E-state index in [1.165, 1.54) is 92.3 Å². The van der Waals surface area contributed by atoms with E-state index in [9.17, 15) is 0 Å². The number of fused-ring (bicyclic) bond motifs is 9. The summed E-state index contributed by atoms with van der Waals surface area (Å²) in [5.41, 5.74) is 9.00. The van der Waals surface area contributed by atoms with Gasteiger partial charge in [-0.1, -0.05) is 170 Å². The van der Waals surface area contributed by atoms with Crippen LogP contribution >= 0.6 is 0 Å². The number of furan rings is 1. The second-order valence-corrected chi connectivity index (χ2v) is 15.6. The van der Waals surface area contributed by atoms with E-state index in [0.717, 1.165) is 38.5 Å². The van der Waals surface area contributed by atoms with E-state index in [2.05, 4.69) is 194 Å². The fourth-order valence-corrected chi connectivity index (χ4v) is 9.94. The monoisotopic (exact) mass is 720 g/mol. The van der Waals surface area contributed by atoms with Gasteiger partial charge in [-0.2, -0.15) is 0 Å². The Labute approximate surface area is 328 Å². The Morgan fingerprint density at radius 3 is 1.65 bits per heavy atom. The Morgan fingerprint density at radius 1 is 0.263 bits per heavy atom. The Morgan fingerprint density at radius 2 is 0.842 bits per heavy atom. The van der Waals surface area contributed by atoms with Gasteiger partial charge in [0.25, 0.3) is 0 Å². The predicted molar refractivity (Wildman–Crippen MR) is 244 cm³/mol. The molecule has 1 heteroatoms. The van der Waals surface area contributed by atoms with E-state index >= 15 is 0 Å². The van der Waals surface area contributed by atoms with Gasteiger partial charge in [-0.25, -0.2) is 0 Å². The molecule has 1 heterocycles. The molecule has 0 bridgehead atoms. The normalized spacial score (nSPS) is 12.2. The zero-order valence-corrected chi connectivity index (χ0v) is 30.9. The van der Waals surface area contributed by atoms with Crippen LogP contribution in [0.3, 0.4) is 0 Å². The second kappa shape index (κ2) is 11.5. The molecular weight excluding hydrogens is 689 g/mol. The third-order valence-electron chi connectivity index (χ3n) is 12.6. The Balaban J connectivity index is 1.06. The van der Waals surface area contributed by atoms with Gasteiger partial charge in [0, 0.05) is 16.2 Å². The molecule has 0 fully saturated rings. The fourth-order valence-electron chi connectivity index (χ4n) is 9.94. The van der Waals surface area contributed by atoms with Crippen LogP contribution in [0.4, 0.5) is 0 Å². The Bertz CT molecular complexity index is 3770. The first-order valence-corrected chi connectivity index (χ1v) is 19.7. The van der Waals surface area contributed by atoms with Crippen molar-refractivity contribution in [2.45, 2.75) is 0 Å². The molecule has 1 nitrogen and oxygen atoms in total. The molecule has 12 aromatic carbocycles. The van der Waals surface area contributed by atoms with Crippen molar-refractivity contribution >= 4 is 97.3 Å². The Hall–Kier alpha value is -7.48. The maximum Gasteiger partial charge on any atom is 0.143 e. The second-order valence-electron chi connectivity index (χ2n) is 15.6. The molecule has 0 saturated heterocycles. The summed E-state index contributed by atoms with van der Waals surface area (Å²) < 4.78 is 6.94. The van der Waals surface area contributed by atoms with Crippen molar-refractivity contribution in [2.75, 3.05) is 0 Å². The first-order chi connectivity index (χ1) is 28.2. The molecular formula is C56H32O. The van der Waals surface area contributed by atoms with Crippen LogP contribution in [0, 0.1) is 0 Å². The molecule has 13 rings (SSSR count). The predicted octanol–water partition coefficient (Wildman–Crippen LogP) is 16.1. The summed E-state index contributed by atoms with van der Waals surface area (Å²) in [7, 11) is 0. The zero-order chi connectivity index (χ0) is 37.2. The highest BCUT2D eigenvalue weighted by molar-refractivity contribution is 6.28. The lowest BCUT2D eigenvalue weighted by atomic mass is 9.87. The minimum Gasteiger partial charge on any atom is -0.455 e. The number of hydrogen-bond acceptors (Lipinski definition) is 1. The van der Waals surface area contributed by atoms with Crippen molar-refractivity contribution in [3.63, 3.8) is 0 Å². The third kappa shape index (κ3) is 4.40. The Kier molecular flexibility index (Phi) is 6.23. The van der Waals surface area contributed by atoms with Crippen molar-refractivity contribution in [1.29, 1.82) is 0 Å². The lowest BCUT2D eigenvalue weighted by molar-refractivity contribution is 0.673. The average molecular weight is 721 g/mol. The highest BCUT2D eigenvalue weighted by Gasteiger charge is 2.20. The lowest BCUT2D eigenvalue weighted by Crippen LogP contribution is -1.89. The summed E-state index contributed by atoms with van der Waals surface area (Å²) >= 11 is 0. The molecule has 1 aromatic heterocycles. The van der Waals surface area contributed by atoms with Crippen molar-refractivity contribution in [1.82, 2.24) is 0 Å². The minimum absolute atomic E-state index is 0.899. The summed E-state index contributed by atoms with van der Waals surface area (Å²) in [5.74, 6) is 0. The summed E-state index contributed by atoms with van der Waals surface area (Å²) in [4.78, 5) is 0. The van der Waals surface area contributed by atoms with Gasteiger partial charge in [-0.15, -0.1) is 0 Å². The zero-order valence-electron chi connectivity index (χ0n) is 30.9. The summed E-state index contributed by atoms with van der Waals surface area (Å²) in [5, 5.41) is 19.9. The number of rotatable bonds is 3. The summed E-state index contributed by atoms with van der Waals surface area (Å²) in [6.45, 7) is 0. The van der Waals surface area contributed by atoms with Crippen LogP contribution in [0.1, 0.15) is 0 Å². The smallest absolute Gasteiger partial charge is 0.143 e. The van der Waals surface area contributed by atoms with Gasteiger partial charge in [0.1, 0.15) is 11.2 Å². The van der Waals surface area contributed by atoms with Crippen molar-refractivity contribution in [3.8, 4) is 33.4 Å². The molecule has 0 saturated carbocycles. The van der Waals surface area contributed by atoms with Crippen molar-refractivity contribution in [3.05, 3.63) is 194 Å². The van der Waals surface area contributed by atoms with Gasteiger partial charge in [0.15, 0.2) is 0 Å². The first-order valence-electron chi connectivity index (χ1n) is 19.7. The third-order valence-corrected chi connectivity index (χ3v) is 12.6. The number of hydrogen-bond donors (Lipinski definition) is 0. The van der Waals surface area contributed by atoms with Gasteiger partial charge in [-0.05, 0) is 128 Å². The molecule has 0 amide bonds. The molecule has 0 radical (unpaired) electrons. The minimum atomic E-state index is 0.899. The van der Waals surface area contributed by atoms with Gasteiger partial charge in [0.2, 0.25) is 0 Å². The standard InChI is InChI=1S/C56H32O/c1-4-13-42-34(8-1)22-27-47-49(42)30-40-10-3-5-14-43(40)53(47)38-18-16-33(17-19-38)41-31-50(55-48-29-23-35-9-2-6-15-44(35)56(48)57-51(55)32-41)45-26-24-39-21-20-36-11-7-12-37-25-28-46(45)54(39)52(36)37/h1-32H. The van der Waals surface area contributed by atoms with E-state index in [1.54, 1.807) is 0 Å². The molecule has 0 N–H and O–H groups in total. The average Bonchev–Trinajstić information content (AvgIpc) is 3.66. The van der Waals surface area contributed by atoms with Gasteiger partial charge >= 0.3 is 0 Å². The SMILES string of the molecule is c1ccc2c(-c3ccc(-c4cc(-c5ccc6ccc7cccc8ccc5c6c78)c5c(c4)oc4c6ccccc6ccc45)cc3)c3ccc4ccccc4c3cc2c1. The van der Waals surface area contributed by atoms with Gasteiger partial charge in [-0.3, -0.25) is 0 Å². The molecule has 57 heavy (non-hydrogen) atoms. The fraction of sp³-hybridized carbons (Fsp3) is 0. The van der Waals surface area contributed by atoms with Crippen LogP contribution in [0.25, 0.3) is 131 Å². The molecule has 13 aromatic rings. The van der Waals surface area contributed by atoms with Crippen LogP contribution < -0.4 is 0 Å². The van der Waals surface area contributed by atoms with Gasteiger partial charge in [0.05, 0.1) is 0 Å². The maximum absolute atomic E-state index is 6.94. The van der Waals surface area contributed by atoms with Crippen LogP contribution in [0.15, 0.2) is 199 Å². The quantitative estimate of drug-likeness (QED) is 0.131. The highest BCUT2D eigenvalue weighted by atomic mass is 16.3.